The minimum absolute atomic E-state index is 0.205. The molecule has 5 heteroatoms. The molecule has 0 atom stereocenters. The maximum Gasteiger partial charge on any atom is 0.260 e. The van der Waals surface area contributed by atoms with Crippen molar-refractivity contribution in [3.63, 3.8) is 0 Å². The second-order valence-electron chi connectivity index (χ2n) is 4.22. The maximum atomic E-state index is 12.2. The lowest BCUT2D eigenvalue weighted by Crippen LogP contribution is -2.12. The fraction of sp³-hybridized carbons (Fsp3) is 0.143. The van der Waals surface area contributed by atoms with Crippen LogP contribution in [0.25, 0.3) is 11.0 Å². The van der Waals surface area contributed by atoms with E-state index >= 15 is 0 Å². The number of nitrogens with one attached hydrogen (secondary N) is 2. The van der Waals surface area contributed by atoms with E-state index in [9.17, 15) is 4.79 Å². The molecule has 2 N–H and O–H groups in total. The number of hydrogen-bond acceptors (Lipinski definition) is 3. The Balaban J connectivity index is 1.92. The molecule has 19 heavy (non-hydrogen) atoms. The van der Waals surface area contributed by atoms with Crippen molar-refractivity contribution in [2.45, 2.75) is 13.3 Å². The third-order valence-electron chi connectivity index (χ3n) is 3.06. The number of nitrogens with zero attached hydrogens (tertiary/aromatic N) is 1. The average Bonchev–Trinajstić information content (AvgIpc) is 3.04. The summed E-state index contributed by atoms with van der Waals surface area (Å²) in [6.07, 6.45) is 3.99. The monoisotopic (exact) mass is 255 g/mol. The lowest BCUT2D eigenvalue weighted by Gasteiger charge is -2.03. The Morgan fingerprint density at radius 1 is 1.42 bits per heavy atom. The predicted molar refractivity (Wildman–Crippen MR) is 72.1 cm³/mol. The molecule has 2 heterocycles. The van der Waals surface area contributed by atoms with Crippen LogP contribution >= 0.6 is 0 Å². The van der Waals surface area contributed by atoms with Crippen LogP contribution in [0.15, 0.2) is 41.1 Å². The van der Waals surface area contributed by atoms with Crippen molar-refractivity contribution < 1.29 is 9.21 Å². The first-order valence-electron chi connectivity index (χ1n) is 6.09. The summed E-state index contributed by atoms with van der Waals surface area (Å²) in [5, 5.41) is 10.3. The van der Waals surface area contributed by atoms with E-state index in [0.717, 1.165) is 17.4 Å². The van der Waals surface area contributed by atoms with E-state index in [1.54, 1.807) is 6.20 Å². The lowest BCUT2D eigenvalue weighted by atomic mass is 10.1. The summed E-state index contributed by atoms with van der Waals surface area (Å²) in [6, 6.07) is 7.45. The van der Waals surface area contributed by atoms with Gasteiger partial charge in [-0.1, -0.05) is 25.1 Å². The highest BCUT2D eigenvalue weighted by Crippen LogP contribution is 2.22. The molecule has 0 spiro atoms. The van der Waals surface area contributed by atoms with E-state index in [1.807, 2.05) is 31.2 Å². The van der Waals surface area contributed by atoms with Gasteiger partial charge in [0.1, 0.15) is 17.7 Å². The van der Waals surface area contributed by atoms with Crippen LogP contribution in [0.1, 0.15) is 22.8 Å². The highest BCUT2D eigenvalue weighted by atomic mass is 16.3. The zero-order chi connectivity index (χ0) is 13.2. The normalized spacial score (nSPS) is 10.8. The number of carbonyl (C=O) groups excluding carboxylic acids is 1. The Morgan fingerprint density at radius 2 is 2.26 bits per heavy atom. The van der Waals surface area contributed by atoms with Crippen LogP contribution in [0.3, 0.4) is 0 Å². The molecule has 0 bridgehead atoms. The first kappa shape index (κ1) is 11.5. The third kappa shape index (κ3) is 1.99. The quantitative estimate of drug-likeness (QED) is 0.755. The second-order valence-corrected chi connectivity index (χ2v) is 4.22. The van der Waals surface area contributed by atoms with Crippen molar-refractivity contribution in [1.82, 2.24) is 10.2 Å². The molecule has 5 nitrogen and oxygen atoms in total. The standard InChI is InChI=1S/C14H13N3O2/c1-2-9-7-15-17-13(9)16-14(18)11-8-19-12-6-4-3-5-10(11)12/h3-8H,2H2,1H3,(H2,15,16,17,18). The van der Waals surface area contributed by atoms with E-state index in [-0.39, 0.29) is 5.91 Å². The number of rotatable bonds is 3. The molecule has 0 aliphatic rings. The SMILES string of the molecule is CCc1cn[nH]c1NC(=O)c1coc2ccccc12. The van der Waals surface area contributed by atoms with E-state index in [1.165, 1.54) is 6.26 Å². The molecule has 0 aliphatic carbocycles. The molecule has 2 aromatic heterocycles. The lowest BCUT2D eigenvalue weighted by molar-refractivity contribution is 0.102. The second kappa shape index (κ2) is 4.61. The number of carbonyl (C=O) groups is 1. The Bertz CT molecular complexity index is 727. The first-order valence-corrected chi connectivity index (χ1v) is 6.09. The van der Waals surface area contributed by atoms with Crippen LogP contribution in [-0.4, -0.2) is 16.1 Å². The van der Waals surface area contributed by atoms with Gasteiger partial charge in [0.25, 0.3) is 5.91 Å². The molecule has 3 rings (SSSR count). The fourth-order valence-electron chi connectivity index (χ4n) is 2.02. The van der Waals surface area contributed by atoms with Gasteiger partial charge in [0.15, 0.2) is 0 Å². The zero-order valence-corrected chi connectivity index (χ0v) is 10.4. The van der Waals surface area contributed by atoms with Crippen molar-refractivity contribution in [3.8, 4) is 0 Å². The van der Waals surface area contributed by atoms with Gasteiger partial charge in [-0.15, -0.1) is 0 Å². The number of H-pyrrole nitrogens is 1. The number of anilines is 1. The van der Waals surface area contributed by atoms with Crippen molar-refractivity contribution in [1.29, 1.82) is 0 Å². The molecule has 0 aliphatic heterocycles. The van der Waals surface area contributed by atoms with Gasteiger partial charge >= 0.3 is 0 Å². The summed E-state index contributed by atoms with van der Waals surface area (Å²) < 4.78 is 5.36. The fourth-order valence-corrected chi connectivity index (χ4v) is 2.02. The summed E-state index contributed by atoms with van der Waals surface area (Å²) in [5.74, 6) is 0.432. The van der Waals surface area contributed by atoms with Gasteiger partial charge in [-0.3, -0.25) is 9.89 Å². The van der Waals surface area contributed by atoms with Crippen molar-refractivity contribution in [3.05, 3.63) is 47.9 Å². The molecule has 0 radical (unpaired) electrons. The highest BCUT2D eigenvalue weighted by Gasteiger charge is 2.15. The number of fused-ring (bicyclic) bond motifs is 1. The maximum absolute atomic E-state index is 12.2. The van der Waals surface area contributed by atoms with E-state index < -0.39 is 0 Å². The molecule has 0 unspecified atom stereocenters. The third-order valence-corrected chi connectivity index (χ3v) is 3.06. The number of aromatic amines is 1. The molecule has 0 fully saturated rings. The number of benzene rings is 1. The molecule has 0 saturated carbocycles. The number of furan rings is 1. The van der Waals surface area contributed by atoms with Gasteiger partial charge < -0.3 is 9.73 Å². The van der Waals surface area contributed by atoms with Crippen LogP contribution in [0.4, 0.5) is 5.82 Å². The van der Waals surface area contributed by atoms with Gasteiger partial charge in [0.05, 0.1) is 11.8 Å². The smallest absolute Gasteiger partial charge is 0.260 e. The molecule has 3 aromatic rings. The van der Waals surface area contributed by atoms with Crippen LogP contribution in [0.5, 0.6) is 0 Å². The molecular weight excluding hydrogens is 242 g/mol. The molecule has 96 valence electrons. The van der Waals surface area contributed by atoms with Gasteiger partial charge in [-0.2, -0.15) is 5.10 Å². The van der Waals surface area contributed by atoms with Crippen LogP contribution in [0.2, 0.25) is 0 Å². The van der Waals surface area contributed by atoms with E-state index in [4.69, 9.17) is 4.42 Å². The van der Waals surface area contributed by atoms with Crippen LogP contribution < -0.4 is 5.32 Å². The van der Waals surface area contributed by atoms with Crippen LogP contribution in [-0.2, 0) is 6.42 Å². The van der Waals surface area contributed by atoms with Gasteiger partial charge in [0.2, 0.25) is 0 Å². The largest absolute Gasteiger partial charge is 0.463 e. The number of aryl methyl sites for hydroxylation is 1. The predicted octanol–water partition coefficient (Wildman–Crippen LogP) is 2.97. The number of aromatic nitrogens is 2. The summed E-state index contributed by atoms with van der Waals surface area (Å²) in [7, 11) is 0. The Morgan fingerprint density at radius 3 is 3.11 bits per heavy atom. The highest BCUT2D eigenvalue weighted by molar-refractivity contribution is 6.12. The van der Waals surface area contributed by atoms with Crippen molar-refractivity contribution in [2.75, 3.05) is 5.32 Å². The van der Waals surface area contributed by atoms with Gasteiger partial charge in [-0.05, 0) is 12.5 Å². The summed E-state index contributed by atoms with van der Waals surface area (Å²) in [6.45, 7) is 2.01. The Hall–Kier alpha value is -2.56. The molecule has 0 saturated heterocycles. The number of hydrogen-bond donors (Lipinski definition) is 2. The Kier molecular flexibility index (Phi) is 2.79. The van der Waals surface area contributed by atoms with Crippen molar-refractivity contribution in [2.24, 2.45) is 0 Å². The Labute approximate surface area is 109 Å². The van der Waals surface area contributed by atoms with Gasteiger partial charge in [-0.25, -0.2) is 0 Å². The summed E-state index contributed by atoms with van der Waals surface area (Å²) in [5.41, 5.74) is 2.20. The zero-order valence-electron chi connectivity index (χ0n) is 10.4. The molecular formula is C14H13N3O2. The number of amides is 1. The van der Waals surface area contributed by atoms with Gasteiger partial charge in [0, 0.05) is 10.9 Å². The minimum Gasteiger partial charge on any atom is -0.463 e. The van der Waals surface area contributed by atoms with Crippen molar-refractivity contribution >= 4 is 22.7 Å². The summed E-state index contributed by atoms with van der Waals surface area (Å²) >= 11 is 0. The topological polar surface area (TPSA) is 70.9 Å². The minimum atomic E-state index is -0.205. The molecule has 1 aromatic carbocycles. The first-order chi connectivity index (χ1) is 9.29. The molecule has 1 amide bonds. The average molecular weight is 255 g/mol. The summed E-state index contributed by atoms with van der Waals surface area (Å²) in [4.78, 5) is 12.2. The van der Waals surface area contributed by atoms with E-state index in [0.29, 0.717) is 17.0 Å². The van der Waals surface area contributed by atoms with Crippen LogP contribution in [0, 0.1) is 0 Å². The van der Waals surface area contributed by atoms with E-state index in [2.05, 4.69) is 15.5 Å². The number of para-hydroxylation sites is 1.